The summed E-state index contributed by atoms with van der Waals surface area (Å²) in [7, 11) is 0. The Hall–Kier alpha value is -7.17. The van der Waals surface area contributed by atoms with Crippen LogP contribution in [-0.2, 0) is 5.41 Å². The zero-order valence-electron chi connectivity index (χ0n) is 31.0. The van der Waals surface area contributed by atoms with Crippen molar-refractivity contribution in [3.8, 4) is 45.0 Å². The minimum atomic E-state index is -0.0704. The molecule has 0 aliphatic heterocycles. The van der Waals surface area contributed by atoms with Gasteiger partial charge in [0.1, 0.15) is 11.4 Å². The number of rotatable bonds is 4. The molecule has 0 N–H and O–H groups in total. The molecule has 0 bridgehead atoms. The number of imidazole rings is 1. The first-order chi connectivity index (χ1) is 27.5. The summed E-state index contributed by atoms with van der Waals surface area (Å²) >= 11 is 0. The van der Waals surface area contributed by atoms with Gasteiger partial charge in [0, 0.05) is 38.2 Å². The summed E-state index contributed by atoms with van der Waals surface area (Å²) in [6, 6.07) is 63.2. The van der Waals surface area contributed by atoms with Gasteiger partial charge in [-0.15, -0.1) is 0 Å². The van der Waals surface area contributed by atoms with Gasteiger partial charge in [-0.25, -0.2) is 4.98 Å². The number of para-hydroxylation sites is 4. The van der Waals surface area contributed by atoms with E-state index in [1.165, 1.54) is 44.1 Å². The number of fused-ring (bicyclic) bond motifs is 10. The van der Waals surface area contributed by atoms with Crippen LogP contribution in [0.15, 0.2) is 180 Å². The number of hydrogen-bond acceptors (Lipinski definition) is 2. The molecular formula is C52H35N3O. The first kappa shape index (κ1) is 31.2. The van der Waals surface area contributed by atoms with E-state index in [2.05, 4.69) is 187 Å². The van der Waals surface area contributed by atoms with Crippen molar-refractivity contribution in [2.24, 2.45) is 0 Å². The van der Waals surface area contributed by atoms with Crippen molar-refractivity contribution in [1.82, 2.24) is 14.1 Å². The Balaban J connectivity index is 0.993. The van der Waals surface area contributed by atoms with Crippen molar-refractivity contribution < 1.29 is 4.42 Å². The van der Waals surface area contributed by atoms with Gasteiger partial charge in [-0.2, -0.15) is 0 Å². The van der Waals surface area contributed by atoms with Gasteiger partial charge in [0.05, 0.1) is 27.8 Å². The highest BCUT2D eigenvalue weighted by molar-refractivity contribution is 6.14. The van der Waals surface area contributed by atoms with Crippen LogP contribution >= 0.6 is 0 Å². The predicted octanol–water partition coefficient (Wildman–Crippen LogP) is 13.7. The van der Waals surface area contributed by atoms with Gasteiger partial charge in [-0.3, -0.25) is 4.57 Å². The van der Waals surface area contributed by atoms with Gasteiger partial charge in [0.25, 0.3) is 0 Å². The number of nitrogens with zero attached hydrogens (tertiary/aromatic N) is 3. The zero-order chi connectivity index (χ0) is 37.1. The van der Waals surface area contributed by atoms with E-state index < -0.39 is 0 Å². The van der Waals surface area contributed by atoms with Crippen LogP contribution < -0.4 is 0 Å². The van der Waals surface area contributed by atoms with Crippen molar-refractivity contribution in [2.75, 3.05) is 0 Å². The van der Waals surface area contributed by atoms with E-state index in [1.807, 2.05) is 12.1 Å². The summed E-state index contributed by atoms with van der Waals surface area (Å²) in [5, 5.41) is 4.73. The molecule has 12 rings (SSSR count). The second-order valence-corrected chi connectivity index (χ2v) is 15.6. The molecule has 1 aliphatic rings. The molecule has 3 heterocycles. The second-order valence-electron chi connectivity index (χ2n) is 15.6. The molecular weight excluding hydrogens is 683 g/mol. The summed E-state index contributed by atoms with van der Waals surface area (Å²) in [4.78, 5) is 5.03. The third-order valence-corrected chi connectivity index (χ3v) is 12.1. The molecule has 0 saturated carbocycles. The van der Waals surface area contributed by atoms with E-state index in [1.54, 1.807) is 0 Å². The summed E-state index contributed by atoms with van der Waals surface area (Å²) in [5.41, 5.74) is 16.9. The Morgan fingerprint density at radius 1 is 0.464 bits per heavy atom. The molecule has 8 aromatic carbocycles. The Bertz CT molecular complexity index is 3380. The Labute approximate surface area is 323 Å². The summed E-state index contributed by atoms with van der Waals surface area (Å²) in [6.45, 7) is 4.70. The minimum Gasteiger partial charge on any atom is -0.454 e. The summed E-state index contributed by atoms with van der Waals surface area (Å²) < 4.78 is 11.6. The van der Waals surface area contributed by atoms with Crippen molar-refractivity contribution >= 4 is 54.8 Å². The van der Waals surface area contributed by atoms with Crippen molar-refractivity contribution in [3.05, 3.63) is 187 Å². The highest BCUT2D eigenvalue weighted by Gasteiger charge is 2.36. The second kappa shape index (κ2) is 11.4. The largest absolute Gasteiger partial charge is 0.454 e. The molecule has 4 nitrogen and oxygen atoms in total. The fraction of sp³-hybridized carbons (Fsp3) is 0.0577. The van der Waals surface area contributed by atoms with Gasteiger partial charge in [0.2, 0.25) is 0 Å². The fourth-order valence-electron chi connectivity index (χ4n) is 9.43. The van der Waals surface area contributed by atoms with Crippen molar-refractivity contribution in [1.29, 1.82) is 0 Å². The number of aromatic nitrogens is 3. The number of hydrogen-bond donors (Lipinski definition) is 0. The van der Waals surface area contributed by atoms with Crippen LogP contribution in [0.5, 0.6) is 0 Å². The van der Waals surface area contributed by atoms with Gasteiger partial charge in [0.15, 0.2) is 5.58 Å². The lowest BCUT2D eigenvalue weighted by atomic mass is 9.82. The van der Waals surface area contributed by atoms with Crippen LogP contribution in [0.2, 0.25) is 0 Å². The van der Waals surface area contributed by atoms with Crippen LogP contribution in [0.4, 0.5) is 0 Å². The molecule has 264 valence electrons. The van der Waals surface area contributed by atoms with Gasteiger partial charge in [-0.05, 0) is 94.0 Å². The normalized spacial score (nSPS) is 13.3. The molecule has 11 aromatic rings. The average Bonchev–Trinajstić information content (AvgIpc) is 3.97. The third-order valence-electron chi connectivity index (χ3n) is 12.1. The first-order valence-corrected chi connectivity index (χ1v) is 19.3. The Morgan fingerprint density at radius 2 is 1.20 bits per heavy atom. The van der Waals surface area contributed by atoms with E-state index in [4.69, 9.17) is 9.40 Å². The molecule has 0 atom stereocenters. The van der Waals surface area contributed by atoms with E-state index in [0.717, 1.165) is 66.9 Å². The van der Waals surface area contributed by atoms with Gasteiger partial charge >= 0.3 is 0 Å². The van der Waals surface area contributed by atoms with Crippen LogP contribution in [-0.4, -0.2) is 14.1 Å². The highest BCUT2D eigenvalue weighted by atomic mass is 16.3. The van der Waals surface area contributed by atoms with E-state index in [9.17, 15) is 0 Å². The molecule has 0 amide bonds. The van der Waals surface area contributed by atoms with Crippen LogP contribution in [0, 0.1) is 0 Å². The Morgan fingerprint density at radius 3 is 2.07 bits per heavy atom. The fourth-order valence-corrected chi connectivity index (χ4v) is 9.43. The van der Waals surface area contributed by atoms with Crippen molar-refractivity contribution in [2.45, 2.75) is 19.3 Å². The maximum absolute atomic E-state index is 6.91. The topological polar surface area (TPSA) is 35.9 Å². The summed E-state index contributed by atoms with van der Waals surface area (Å²) in [6.07, 6.45) is 0. The lowest BCUT2D eigenvalue weighted by molar-refractivity contribution is 0.661. The molecule has 0 spiro atoms. The molecule has 0 fully saturated rings. The molecule has 3 aromatic heterocycles. The maximum Gasteiger partial charge on any atom is 0.159 e. The summed E-state index contributed by atoms with van der Waals surface area (Å²) in [5.74, 6) is 0.931. The monoisotopic (exact) mass is 717 g/mol. The molecule has 0 radical (unpaired) electrons. The molecule has 0 unspecified atom stereocenters. The SMILES string of the molecule is CC1(C)c2ccccc2-c2cc3c(cc21)c1ccccc1n3-c1cccc2c1oc1cc(-c3ccc(-n4c(-c5ccccc5)nc5ccccc54)cc3)ccc12. The average molecular weight is 718 g/mol. The molecule has 1 aliphatic carbocycles. The quantitative estimate of drug-likeness (QED) is 0.182. The van der Waals surface area contributed by atoms with E-state index in [-0.39, 0.29) is 5.41 Å². The molecule has 4 heteroatoms. The Kier molecular flexibility index (Phi) is 6.37. The molecule has 0 saturated heterocycles. The van der Waals surface area contributed by atoms with Crippen LogP contribution in [0.25, 0.3) is 99.8 Å². The van der Waals surface area contributed by atoms with E-state index >= 15 is 0 Å². The van der Waals surface area contributed by atoms with Crippen LogP contribution in [0.3, 0.4) is 0 Å². The van der Waals surface area contributed by atoms with Gasteiger partial charge in [-0.1, -0.05) is 129 Å². The minimum absolute atomic E-state index is 0.0704. The molecule has 56 heavy (non-hydrogen) atoms. The number of benzene rings is 8. The van der Waals surface area contributed by atoms with Gasteiger partial charge < -0.3 is 8.98 Å². The third kappa shape index (κ3) is 4.32. The first-order valence-electron chi connectivity index (χ1n) is 19.3. The zero-order valence-corrected chi connectivity index (χ0v) is 31.0. The maximum atomic E-state index is 6.91. The predicted molar refractivity (Wildman–Crippen MR) is 231 cm³/mol. The van der Waals surface area contributed by atoms with E-state index in [0.29, 0.717) is 0 Å². The standard InChI is InChI=1S/C52H35N3O/c1-52(2)42-18-8-6-15-36(42)40-31-48-41(30-43(40)52)37-16-7-10-20-45(37)55(48)47-22-12-17-39-38-28-25-34(29-49(38)56-50(39)47)32-23-26-35(27-24-32)54-46-21-11-9-19-44(46)53-51(54)33-13-4-3-5-14-33/h3-31H,1-2H3. The van der Waals surface area contributed by atoms with Crippen molar-refractivity contribution in [3.63, 3.8) is 0 Å². The lowest BCUT2D eigenvalue weighted by Crippen LogP contribution is -2.14. The number of furan rings is 1. The lowest BCUT2D eigenvalue weighted by Gasteiger charge is -2.21. The smallest absolute Gasteiger partial charge is 0.159 e. The highest BCUT2D eigenvalue weighted by Crippen LogP contribution is 2.51. The van der Waals surface area contributed by atoms with Crippen LogP contribution in [0.1, 0.15) is 25.0 Å².